The molecule has 0 aliphatic rings. The molecule has 0 amide bonds. The largest absolute Gasteiger partial charge is 0.493 e. The van der Waals surface area contributed by atoms with Gasteiger partial charge in [-0.1, -0.05) is 18.2 Å². The van der Waals surface area contributed by atoms with E-state index >= 15 is 0 Å². The zero-order valence-corrected chi connectivity index (χ0v) is 14.0. The van der Waals surface area contributed by atoms with Gasteiger partial charge in [0.2, 0.25) is 5.75 Å². The van der Waals surface area contributed by atoms with Crippen LogP contribution in [-0.4, -0.2) is 32.4 Å². The average Bonchev–Trinajstić information content (AvgIpc) is 2.61. The van der Waals surface area contributed by atoms with Crippen LogP contribution in [-0.2, 0) is 13.1 Å². The molecule has 24 heavy (non-hydrogen) atoms. The highest BCUT2D eigenvalue weighted by Crippen LogP contribution is 2.39. The molecule has 0 aliphatic carbocycles. The molecule has 128 valence electrons. The van der Waals surface area contributed by atoms with Gasteiger partial charge < -0.3 is 24.6 Å². The van der Waals surface area contributed by atoms with E-state index in [9.17, 15) is 4.79 Å². The summed E-state index contributed by atoms with van der Waals surface area (Å²) in [5, 5.41) is 12.3. The van der Waals surface area contributed by atoms with Gasteiger partial charge in [-0.3, -0.25) is 0 Å². The number of benzene rings is 2. The summed E-state index contributed by atoms with van der Waals surface area (Å²) in [6.45, 7) is 1.08. The van der Waals surface area contributed by atoms with Crippen LogP contribution in [0.15, 0.2) is 36.4 Å². The van der Waals surface area contributed by atoms with Crippen LogP contribution in [0.1, 0.15) is 21.5 Å². The third-order valence-electron chi connectivity index (χ3n) is 3.60. The van der Waals surface area contributed by atoms with Crippen LogP contribution < -0.4 is 19.5 Å². The van der Waals surface area contributed by atoms with Gasteiger partial charge in [0.25, 0.3) is 0 Å². The van der Waals surface area contributed by atoms with Crippen LogP contribution in [0.2, 0.25) is 0 Å². The number of hydrogen-bond acceptors (Lipinski definition) is 5. The Labute approximate surface area is 141 Å². The van der Waals surface area contributed by atoms with Gasteiger partial charge in [-0.05, 0) is 23.8 Å². The molecule has 2 aromatic rings. The fraction of sp³-hybridized carbons (Fsp3) is 0.278. The van der Waals surface area contributed by atoms with Gasteiger partial charge in [0, 0.05) is 18.7 Å². The first kappa shape index (κ1) is 17.6. The van der Waals surface area contributed by atoms with Gasteiger partial charge in [-0.2, -0.15) is 0 Å². The molecule has 0 unspecified atom stereocenters. The minimum absolute atomic E-state index is 0.276. The highest BCUT2D eigenvalue weighted by Gasteiger charge is 2.15. The molecule has 0 spiro atoms. The van der Waals surface area contributed by atoms with Crippen LogP contribution in [0.4, 0.5) is 0 Å². The fourth-order valence-corrected chi connectivity index (χ4v) is 2.46. The van der Waals surface area contributed by atoms with Gasteiger partial charge in [-0.25, -0.2) is 4.79 Å². The molecule has 0 heterocycles. The Morgan fingerprint density at radius 3 is 2.38 bits per heavy atom. The first-order chi connectivity index (χ1) is 11.6. The molecular formula is C18H21NO5. The van der Waals surface area contributed by atoms with Crippen LogP contribution in [0.3, 0.4) is 0 Å². The number of rotatable bonds is 8. The monoisotopic (exact) mass is 331 g/mol. The molecule has 0 aromatic heterocycles. The van der Waals surface area contributed by atoms with Crippen molar-refractivity contribution in [1.82, 2.24) is 5.32 Å². The van der Waals surface area contributed by atoms with Crippen molar-refractivity contribution in [2.75, 3.05) is 21.3 Å². The Morgan fingerprint density at radius 2 is 1.75 bits per heavy atom. The standard InChI is InChI=1S/C18H21NO5/c1-22-15-8-7-14(16(23-2)17(15)24-3)11-19-10-12-5-4-6-13(9-12)18(20)21/h4-9,19H,10-11H2,1-3H3,(H,20,21). The second-order valence-corrected chi connectivity index (χ2v) is 5.10. The Balaban J connectivity index is 2.09. The molecule has 2 rings (SSSR count). The molecule has 0 radical (unpaired) electrons. The Bertz CT molecular complexity index is 715. The van der Waals surface area contributed by atoms with Gasteiger partial charge in [-0.15, -0.1) is 0 Å². The number of nitrogens with one attached hydrogen (secondary N) is 1. The summed E-state index contributed by atoms with van der Waals surface area (Å²) in [4.78, 5) is 11.0. The molecule has 0 aliphatic heterocycles. The molecule has 6 nitrogen and oxygen atoms in total. The second-order valence-electron chi connectivity index (χ2n) is 5.10. The number of methoxy groups -OCH3 is 3. The maximum absolute atomic E-state index is 11.0. The number of carboxylic acid groups (broad SMARTS) is 1. The number of aromatic carboxylic acids is 1. The zero-order valence-electron chi connectivity index (χ0n) is 14.0. The van der Waals surface area contributed by atoms with E-state index in [1.807, 2.05) is 18.2 Å². The van der Waals surface area contributed by atoms with Crippen molar-refractivity contribution in [1.29, 1.82) is 0 Å². The summed E-state index contributed by atoms with van der Waals surface area (Å²) in [7, 11) is 4.72. The Morgan fingerprint density at radius 1 is 1.00 bits per heavy atom. The van der Waals surface area contributed by atoms with Crippen molar-refractivity contribution in [3.05, 3.63) is 53.1 Å². The second kappa shape index (κ2) is 8.21. The van der Waals surface area contributed by atoms with Crippen molar-refractivity contribution >= 4 is 5.97 Å². The molecule has 2 N–H and O–H groups in total. The summed E-state index contributed by atoms with van der Waals surface area (Å²) < 4.78 is 16.1. The molecule has 0 atom stereocenters. The van der Waals surface area contributed by atoms with E-state index in [4.69, 9.17) is 19.3 Å². The third-order valence-corrected chi connectivity index (χ3v) is 3.60. The molecule has 2 aromatic carbocycles. The summed E-state index contributed by atoms with van der Waals surface area (Å²) >= 11 is 0. The first-order valence-corrected chi connectivity index (χ1v) is 7.41. The van der Waals surface area contributed by atoms with E-state index in [0.29, 0.717) is 30.3 Å². The summed E-state index contributed by atoms with van der Waals surface area (Å²) in [6.07, 6.45) is 0. The maximum atomic E-state index is 11.0. The summed E-state index contributed by atoms with van der Waals surface area (Å²) in [5.74, 6) is 0.835. The van der Waals surface area contributed by atoms with Gasteiger partial charge >= 0.3 is 5.97 Å². The van der Waals surface area contributed by atoms with E-state index in [2.05, 4.69) is 5.32 Å². The van der Waals surface area contributed by atoms with Crippen LogP contribution in [0.5, 0.6) is 17.2 Å². The van der Waals surface area contributed by atoms with Crippen LogP contribution in [0.25, 0.3) is 0 Å². The number of hydrogen-bond donors (Lipinski definition) is 2. The average molecular weight is 331 g/mol. The van der Waals surface area contributed by atoms with E-state index in [0.717, 1.165) is 11.1 Å². The molecule has 0 saturated carbocycles. The highest BCUT2D eigenvalue weighted by molar-refractivity contribution is 5.87. The van der Waals surface area contributed by atoms with Crippen molar-refractivity contribution in [2.24, 2.45) is 0 Å². The lowest BCUT2D eigenvalue weighted by atomic mass is 10.1. The molecular weight excluding hydrogens is 310 g/mol. The predicted octanol–water partition coefficient (Wildman–Crippen LogP) is 2.70. The number of carbonyl (C=O) groups is 1. The zero-order chi connectivity index (χ0) is 17.5. The topological polar surface area (TPSA) is 77.0 Å². The third kappa shape index (κ3) is 3.97. The number of carboxylic acids is 1. The van der Waals surface area contributed by atoms with E-state index in [1.165, 1.54) is 0 Å². The van der Waals surface area contributed by atoms with Crippen molar-refractivity contribution in [3.63, 3.8) is 0 Å². The minimum Gasteiger partial charge on any atom is -0.493 e. The SMILES string of the molecule is COc1ccc(CNCc2cccc(C(=O)O)c2)c(OC)c1OC. The summed E-state index contributed by atoms with van der Waals surface area (Å²) in [5.41, 5.74) is 2.09. The lowest BCUT2D eigenvalue weighted by Crippen LogP contribution is -2.14. The van der Waals surface area contributed by atoms with E-state index < -0.39 is 5.97 Å². The smallest absolute Gasteiger partial charge is 0.335 e. The lowest BCUT2D eigenvalue weighted by molar-refractivity contribution is 0.0696. The molecule has 0 bridgehead atoms. The predicted molar refractivity (Wildman–Crippen MR) is 90.0 cm³/mol. The van der Waals surface area contributed by atoms with Crippen molar-refractivity contribution < 1.29 is 24.1 Å². The minimum atomic E-state index is -0.932. The normalized spacial score (nSPS) is 10.3. The Hall–Kier alpha value is -2.73. The maximum Gasteiger partial charge on any atom is 0.335 e. The van der Waals surface area contributed by atoms with E-state index in [-0.39, 0.29) is 5.56 Å². The first-order valence-electron chi connectivity index (χ1n) is 7.41. The van der Waals surface area contributed by atoms with Crippen LogP contribution >= 0.6 is 0 Å². The summed E-state index contributed by atoms with van der Waals surface area (Å²) in [6, 6.07) is 10.6. The molecule has 0 fully saturated rings. The van der Waals surface area contributed by atoms with Crippen molar-refractivity contribution in [3.8, 4) is 17.2 Å². The fourth-order valence-electron chi connectivity index (χ4n) is 2.46. The van der Waals surface area contributed by atoms with Crippen LogP contribution in [0, 0.1) is 0 Å². The molecule has 6 heteroatoms. The van der Waals surface area contributed by atoms with Gasteiger partial charge in [0.15, 0.2) is 11.5 Å². The highest BCUT2D eigenvalue weighted by atomic mass is 16.5. The Kier molecular flexibility index (Phi) is 6.03. The lowest BCUT2D eigenvalue weighted by Gasteiger charge is -2.16. The number of ether oxygens (including phenoxy) is 3. The van der Waals surface area contributed by atoms with Gasteiger partial charge in [0.1, 0.15) is 0 Å². The van der Waals surface area contributed by atoms with E-state index in [1.54, 1.807) is 39.5 Å². The molecule has 0 saturated heterocycles. The van der Waals surface area contributed by atoms with Gasteiger partial charge in [0.05, 0.1) is 26.9 Å². The van der Waals surface area contributed by atoms with Crippen molar-refractivity contribution in [2.45, 2.75) is 13.1 Å². The quantitative estimate of drug-likeness (QED) is 0.774.